The highest BCUT2D eigenvalue weighted by Crippen LogP contribution is 2.10. The van der Waals surface area contributed by atoms with Gasteiger partial charge in [-0.3, -0.25) is 4.79 Å². The smallest absolute Gasteiger partial charge is 0.243 e. The number of carbonyl (C=O) groups excluding carboxylic acids is 1. The van der Waals surface area contributed by atoms with Gasteiger partial charge in [0, 0.05) is 0 Å². The fourth-order valence-electron chi connectivity index (χ4n) is 1.50. The summed E-state index contributed by atoms with van der Waals surface area (Å²) < 4.78 is 1.40. The third-order valence-electron chi connectivity index (χ3n) is 2.34. The average molecular weight is 241 g/mol. The van der Waals surface area contributed by atoms with Gasteiger partial charge in [0.15, 0.2) is 0 Å². The van der Waals surface area contributed by atoms with E-state index in [1.54, 1.807) is 12.1 Å². The third kappa shape index (κ3) is 2.92. The Hall–Kier alpha value is -2.68. The van der Waals surface area contributed by atoms with Gasteiger partial charge in [0.2, 0.25) is 5.91 Å². The van der Waals surface area contributed by atoms with E-state index in [-0.39, 0.29) is 12.5 Å². The van der Waals surface area contributed by atoms with E-state index in [9.17, 15) is 4.79 Å². The SMILES string of the molecule is N#CC(NC(=O)Cn1cncn1)c1ccccc1. The molecule has 0 spiro atoms. The Balaban J connectivity index is 1.99. The van der Waals surface area contributed by atoms with Gasteiger partial charge < -0.3 is 5.32 Å². The van der Waals surface area contributed by atoms with Crippen molar-refractivity contribution in [3.63, 3.8) is 0 Å². The Bertz CT molecular complexity index is 544. The Kier molecular flexibility index (Phi) is 3.66. The van der Waals surface area contributed by atoms with Crippen molar-refractivity contribution in [2.45, 2.75) is 12.6 Å². The van der Waals surface area contributed by atoms with Crippen LogP contribution in [-0.2, 0) is 11.3 Å². The van der Waals surface area contributed by atoms with Crippen LogP contribution in [0.3, 0.4) is 0 Å². The van der Waals surface area contributed by atoms with Gasteiger partial charge in [-0.2, -0.15) is 10.4 Å². The van der Waals surface area contributed by atoms with Crippen molar-refractivity contribution < 1.29 is 4.79 Å². The molecule has 0 aliphatic carbocycles. The van der Waals surface area contributed by atoms with E-state index < -0.39 is 6.04 Å². The zero-order valence-electron chi connectivity index (χ0n) is 9.52. The number of carbonyl (C=O) groups is 1. The molecule has 90 valence electrons. The minimum Gasteiger partial charge on any atom is -0.335 e. The molecular weight excluding hydrogens is 230 g/mol. The highest BCUT2D eigenvalue weighted by Gasteiger charge is 2.13. The lowest BCUT2D eigenvalue weighted by molar-refractivity contribution is -0.122. The van der Waals surface area contributed by atoms with Crippen LogP contribution in [0.5, 0.6) is 0 Å². The molecule has 1 atom stereocenters. The van der Waals surface area contributed by atoms with E-state index in [4.69, 9.17) is 5.26 Å². The molecule has 6 nitrogen and oxygen atoms in total. The summed E-state index contributed by atoms with van der Waals surface area (Å²) in [4.78, 5) is 15.4. The van der Waals surface area contributed by atoms with E-state index in [1.807, 2.05) is 18.2 Å². The minimum atomic E-state index is -0.651. The molecular formula is C12H11N5O. The predicted molar refractivity (Wildman–Crippen MR) is 63.0 cm³/mol. The molecule has 1 heterocycles. The first kappa shape index (κ1) is 11.8. The van der Waals surface area contributed by atoms with Crippen molar-refractivity contribution >= 4 is 5.91 Å². The number of hydrogen-bond acceptors (Lipinski definition) is 4. The normalized spacial score (nSPS) is 11.5. The summed E-state index contributed by atoms with van der Waals surface area (Å²) in [5, 5.41) is 15.5. The molecule has 0 aliphatic heterocycles. The average Bonchev–Trinajstić information content (AvgIpc) is 2.90. The molecule has 0 radical (unpaired) electrons. The standard InChI is InChI=1S/C12H11N5O/c13-6-11(10-4-2-1-3-5-10)16-12(18)7-17-9-14-8-15-17/h1-5,8-9,11H,7H2,(H,16,18). The number of benzene rings is 1. The van der Waals surface area contributed by atoms with Gasteiger partial charge in [-0.15, -0.1) is 0 Å². The van der Waals surface area contributed by atoms with Crippen LogP contribution >= 0.6 is 0 Å². The van der Waals surface area contributed by atoms with Crippen molar-refractivity contribution in [3.05, 3.63) is 48.5 Å². The molecule has 6 heteroatoms. The van der Waals surface area contributed by atoms with Crippen LogP contribution in [0.4, 0.5) is 0 Å². The van der Waals surface area contributed by atoms with Crippen molar-refractivity contribution in [1.82, 2.24) is 20.1 Å². The molecule has 2 aromatic rings. The fourth-order valence-corrected chi connectivity index (χ4v) is 1.50. The van der Waals surface area contributed by atoms with Crippen molar-refractivity contribution in [2.24, 2.45) is 0 Å². The van der Waals surface area contributed by atoms with Gasteiger partial charge in [0.05, 0.1) is 6.07 Å². The molecule has 0 aliphatic rings. The molecule has 0 fully saturated rings. The maximum Gasteiger partial charge on any atom is 0.243 e. The Morgan fingerprint density at radius 1 is 1.44 bits per heavy atom. The summed E-state index contributed by atoms with van der Waals surface area (Å²) in [5.41, 5.74) is 0.756. The van der Waals surface area contributed by atoms with E-state index in [1.165, 1.54) is 17.3 Å². The topological polar surface area (TPSA) is 83.6 Å². The Labute approximate surface area is 104 Å². The number of nitriles is 1. The second-order valence-corrected chi connectivity index (χ2v) is 3.63. The van der Waals surface area contributed by atoms with Gasteiger partial charge >= 0.3 is 0 Å². The van der Waals surface area contributed by atoms with Gasteiger partial charge in [-0.1, -0.05) is 30.3 Å². The number of nitrogens with zero attached hydrogens (tertiary/aromatic N) is 4. The first-order valence-electron chi connectivity index (χ1n) is 5.36. The van der Waals surface area contributed by atoms with Crippen molar-refractivity contribution in [1.29, 1.82) is 5.26 Å². The molecule has 1 amide bonds. The minimum absolute atomic E-state index is 0.0466. The summed E-state index contributed by atoms with van der Waals surface area (Å²) in [6, 6.07) is 10.5. The number of amides is 1. The number of aromatic nitrogens is 3. The van der Waals surface area contributed by atoms with Gasteiger partial charge in [-0.05, 0) is 5.56 Å². The molecule has 0 saturated heterocycles. The van der Waals surface area contributed by atoms with Crippen molar-refractivity contribution in [2.75, 3.05) is 0 Å². The predicted octanol–water partition coefficient (Wildman–Crippen LogP) is 0.659. The molecule has 1 aromatic heterocycles. The van der Waals surface area contributed by atoms with Crippen LogP contribution in [0.25, 0.3) is 0 Å². The summed E-state index contributed by atoms with van der Waals surface area (Å²) in [7, 11) is 0. The first-order valence-corrected chi connectivity index (χ1v) is 5.36. The van der Waals surface area contributed by atoms with Crippen LogP contribution in [0, 0.1) is 11.3 Å². The van der Waals surface area contributed by atoms with Crippen LogP contribution in [0.2, 0.25) is 0 Å². The lowest BCUT2D eigenvalue weighted by atomic mass is 10.1. The molecule has 1 N–H and O–H groups in total. The van der Waals surface area contributed by atoms with E-state index in [2.05, 4.69) is 21.5 Å². The van der Waals surface area contributed by atoms with Crippen molar-refractivity contribution in [3.8, 4) is 6.07 Å². The van der Waals surface area contributed by atoms with Crippen LogP contribution in [0.15, 0.2) is 43.0 Å². The van der Waals surface area contributed by atoms with Crippen LogP contribution in [-0.4, -0.2) is 20.7 Å². The fraction of sp³-hybridized carbons (Fsp3) is 0.167. The Morgan fingerprint density at radius 2 is 2.22 bits per heavy atom. The van der Waals surface area contributed by atoms with E-state index in [0.29, 0.717) is 0 Å². The third-order valence-corrected chi connectivity index (χ3v) is 2.34. The zero-order valence-corrected chi connectivity index (χ0v) is 9.52. The summed E-state index contributed by atoms with van der Waals surface area (Å²) in [6.07, 6.45) is 2.80. The first-order chi connectivity index (χ1) is 8.79. The van der Waals surface area contributed by atoms with Gasteiger partial charge in [-0.25, -0.2) is 9.67 Å². The zero-order chi connectivity index (χ0) is 12.8. The monoisotopic (exact) mass is 241 g/mol. The number of rotatable bonds is 4. The summed E-state index contributed by atoms with van der Waals surface area (Å²) in [6.45, 7) is 0.0466. The summed E-state index contributed by atoms with van der Waals surface area (Å²) in [5.74, 6) is -0.282. The highest BCUT2D eigenvalue weighted by atomic mass is 16.2. The number of nitrogens with one attached hydrogen (secondary N) is 1. The second kappa shape index (κ2) is 5.59. The highest BCUT2D eigenvalue weighted by molar-refractivity contribution is 5.76. The quantitative estimate of drug-likeness (QED) is 0.852. The molecule has 1 aromatic carbocycles. The maximum absolute atomic E-state index is 11.7. The lowest BCUT2D eigenvalue weighted by Gasteiger charge is -2.11. The lowest BCUT2D eigenvalue weighted by Crippen LogP contribution is -2.31. The van der Waals surface area contributed by atoms with Crippen LogP contribution in [0.1, 0.15) is 11.6 Å². The van der Waals surface area contributed by atoms with Gasteiger partial charge in [0.1, 0.15) is 25.2 Å². The number of hydrogen-bond donors (Lipinski definition) is 1. The molecule has 0 saturated carbocycles. The molecule has 1 unspecified atom stereocenters. The van der Waals surface area contributed by atoms with Gasteiger partial charge in [0.25, 0.3) is 0 Å². The van der Waals surface area contributed by atoms with E-state index >= 15 is 0 Å². The van der Waals surface area contributed by atoms with Crippen LogP contribution < -0.4 is 5.32 Å². The summed E-state index contributed by atoms with van der Waals surface area (Å²) >= 11 is 0. The largest absolute Gasteiger partial charge is 0.335 e. The Morgan fingerprint density at radius 3 is 2.83 bits per heavy atom. The second-order valence-electron chi connectivity index (χ2n) is 3.63. The molecule has 0 bridgehead atoms. The maximum atomic E-state index is 11.7. The molecule has 18 heavy (non-hydrogen) atoms. The van der Waals surface area contributed by atoms with E-state index in [0.717, 1.165) is 5.56 Å². The molecule has 2 rings (SSSR count).